The first-order chi connectivity index (χ1) is 11.0. The maximum absolute atomic E-state index is 12.2. The fourth-order valence-electron chi connectivity index (χ4n) is 2.46. The lowest BCUT2D eigenvalue weighted by atomic mass is 10.2. The molecule has 24 heavy (non-hydrogen) atoms. The minimum absolute atomic E-state index is 0. The van der Waals surface area contributed by atoms with Gasteiger partial charge >= 0.3 is 0 Å². The fraction of sp³-hybridized carbons (Fsp3) is 0.500. The zero-order valence-corrected chi connectivity index (χ0v) is 15.5. The van der Waals surface area contributed by atoms with Gasteiger partial charge in [0.1, 0.15) is 0 Å². The molecule has 0 aliphatic carbocycles. The van der Waals surface area contributed by atoms with Crippen molar-refractivity contribution >= 4 is 41.5 Å². The fourth-order valence-corrected chi connectivity index (χ4v) is 2.64. The maximum atomic E-state index is 12.2. The number of amides is 2. The van der Waals surface area contributed by atoms with Crippen LogP contribution in [0.2, 0.25) is 5.02 Å². The van der Waals surface area contributed by atoms with Crippen molar-refractivity contribution < 1.29 is 9.59 Å². The van der Waals surface area contributed by atoms with Gasteiger partial charge in [0.25, 0.3) is 0 Å². The number of aryl methyl sites for hydroxylation is 1. The number of benzene rings is 1. The average Bonchev–Trinajstić information content (AvgIpc) is 2.51. The molecule has 6 nitrogen and oxygen atoms in total. The predicted octanol–water partition coefficient (Wildman–Crippen LogP) is 1.37. The number of piperazine rings is 1. The first-order valence-electron chi connectivity index (χ1n) is 7.69. The molecule has 8 heteroatoms. The smallest absolute Gasteiger partial charge is 0.238 e. The molecule has 2 amide bonds. The van der Waals surface area contributed by atoms with Gasteiger partial charge in [0.05, 0.1) is 13.1 Å². The number of carbonyl (C=O) groups excluding carboxylic acids is 2. The predicted molar refractivity (Wildman–Crippen MR) is 99.0 cm³/mol. The number of anilines is 1. The molecule has 1 heterocycles. The molecule has 134 valence electrons. The molecule has 2 rings (SSSR count). The van der Waals surface area contributed by atoms with Crippen LogP contribution >= 0.6 is 24.0 Å². The highest BCUT2D eigenvalue weighted by atomic mass is 35.5. The van der Waals surface area contributed by atoms with Crippen molar-refractivity contribution in [2.45, 2.75) is 6.92 Å². The topological polar surface area (TPSA) is 64.7 Å². The van der Waals surface area contributed by atoms with Crippen molar-refractivity contribution in [1.82, 2.24) is 15.1 Å². The Kier molecular flexibility index (Phi) is 8.48. The Morgan fingerprint density at radius 3 is 2.62 bits per heavy atom. The van der Waals surface area contributed by atoms with Crippen LogP contribution in [0.3, 0.4) is 0 Å². The van der Waals surface area contributed by atoms with Gasteiger partial charge < -0.3 is 15.5 Å². The lowest BCUT2D eigenvalue weighted by Crippen LogP contribution is -2.49. The Balaban J connectivity index is 0.00000288. The van der Waals surface area contributed by atoms with E-state index in [4.69, 9.17) is 11.6 Å². The Morgan fingerprint density at radius 1 is 1.29 bits per heavy atom. The van der Waals surface area contributed by atoms with Crippen LogP contribution in [0.1, 0.15) is 5.56 Å². The monoisotopic (exact) mass is 374 g/mol. The molecule has 2 N–H and O–H groups in total. The van der Waals surface area contributed by atoms with Crippen molar-refractivity contribution in [3.63, 3.8) is 0 Å². The summed E-state index contributed by atoms with van der Waals surface area (Å²) in [6.07, 6.45) is 0. The van der Waals surface area contributed by atoms with E-state index in [1.807, 2.05) is 17.9 Å². The highest BCUT2D eigenvalue weighted by molar-refractivity contribution is 6.31. The van der Waals surface area contributed by atoms with Crippen LogP contribution in [0.5, 0.6) is 0 Å². The van der Waals surface area contributed by atoms with Crippen LogP contribution in [0.15, 0.2) is 18.2 Å². The molecule has 0 spiro atoms. The van der Waals surface area contributed by atoms with Crippen LogP contribution in [-0.4, -0.2) is 67.9 Å². The standard InChI is InChI=1S/C16H23ClN4O2.ClH/c1-12-3-4-13(17)9-14(12)19-15(22)10-20(2)11-16(23)21-7-5-18-6-8-21;/h3-4,9,18H,5-8,10-11H2,1-2H3,(H,19,22);1H. The number of halogens is 2. The minimum atomic E-state index is -0.161. The zero-order chi connectivity index (χ0) is 16.8. The minimum Gasteiger partial charge on any atom is -0.339 e. The van der Waals surface area contributed by atoms with Crippen LogP contribution in [-0.2, 0) is 9.59 Å². The van der Waals surface area contributed by atoms with Crippen molar-refractivity contribution in [3.8, 4) is 0 Å². The summed E-state index contributed by atoms with van der Waals surface area (Å²) in [7, 11) is 1.77. The summed E-state index contributed by atoms with van der Waals surface area (Å²) in [6, 6.07) is 5.36. The number of carbonyl (C=O) groups is 2. The maximum Gasteiger partial charge on any atom is 0.238 e. The molecule has 0 bridgehead atoms. The summed E-state index contributed by atoms with van der Waals surface area (Å²) in [4.78, 5) is 27.8. The number of nitrogens with zero attached hydrogens (tertiary/aromatic N) is 2. The average molecular weight is 375 g/mol. The SMILES string of the molecule is Cc1ccc(Cl)cc1NC(=O)CN(C)CC(=O)N1CCNCC1.Cl. The van der Waals surface area contributed by atoms with E-state index in [9.17, 15) is 9.59 Å². The molecular formula is C16H24Cl2N4O2. The van der Waals surface area contributed by atoms with Crippen molar-refractivity contribution in [1.29, 1.82) is 0 Å². The van der Waals surface area contributed by atoms with E-state index < -0.39 is 0 Å². The third-order valence-corrected chi connectivity index (χ3v) is 4.00. The molecule has 1 aliphatic heterocycles. The van der Waals surface area contributed by atoms with Crippen molar-refractivity contribution in [3.05, 3.63) is 28.8 Å². The Morgan fingerprint density at radius 2 is 1.96 bits per heavy atom. The molecule has 0 aromatic heterocycles. The summed E-state index contributed by atoms with van der Waals surface area (Å²) < 4.78 is 0. The zero-order valence-electron chi connectivity index (χ0n) is 14.0. The van der Waals surface area contributed by atoms with E-state index in [0.717, 1.165) is 31.7 Å². The van der Waals surface area contributed by atoms with E-state index in [1.165, 1.54) is 0 Å². The Hall–Kier alpha value is -1.34. The summed E-state index contributed by atoms with van der Waals surface area (Å²) >= 11 is 5.94. The van der Waals surface area contributed by atoms with Gasteiger partial charge in [-0.2, -0.15) is 0 Å². The van der Waals surface area contributed by atoms with Gasteiger partial charge in [-0.05, 0) is 31.7 Å². The van der Waals surface area contributed by atoms with E-state index in [1.54, 1.807) is 24.1 Å². The quantitative estimate of drug-likeness (QED) is 0.816. The Bertz CT molecular complexity index is 577. The van der Waals surface area contributed by atoms with Gasteiger partial charge in [0, 0.05) is 36.9 Å². The van der Waals surface area contributed by atoms with E-state index in [-0.39, 0.29) is 37.3 Å². The molecule has 0 unspecified atom stereocenters. The normalized spacial score (nSPS) is 14.2. The molecule has 1 aromatic carbocycles. The third-order valence-electron chi connectivity index (χ3n) is 3.76. The number of rotatable bonds is 5. The summed E-state index contributed by atoms with van der Waals surface area (Å²) in [6.45, 7) is 5.39. The van der Waals surface area contributed by atoms with Gasteiger partial charge in [0.2, 0.25) is 11.8 Å². The number of hydrogen-bond acceptors (Lipinski definition) is 4. The lowest BCUT2D eigenvalue weighted by Gasteiger charge is -2.29. The second-order valence-electron chi connectivity index (χ2n) is 5.81. The summed E-state index contributed by atoms with van der Waals surface area (Å²) in [5.41, 5.74) is 1.65. The largest absolute Gasteiger partial charge is 0.339 e. The summed E-state index contributed by atoms with van der Waals surface area (Å²) in [5.74, 6) is -0.105. The van der Waals surface area contributed by atoms with Crippen molar-refractivity contribution in [2.75, 3.05) is 51.6 Å². The van der Waals surface area contributed by atoms with Crippen LogP contribution in [0, 0.1) is 6.92 Å². The van der Waals surface area contributed by atoms with Gasteiger partial charge in [0.15, 0.2) is 0 Å². The van der Waals surface area contributed by atoms with Crippen LogP contribution < -0.4 is 10.6 Å². The van der Waals surface area contributed by atoms with Crippen LogP contribution in [0.4, 0.5) is 5.69 Å². The second-order valence-corrected chi connectivity index (χ2v) is 6.25. The van der Waals surface area contributed by atoms with E-state index >= 15 is 0 Å². The molecule has 1 aliphatic rings. The number of nitrogens with one attached hydrogen (secondary N) is 2. The Labute approximate surface area is 153 Å². The number of hydrogen-bond donors (Lipinski definition) is 2. The first kappa shape index (κ1) is 20.7. The van der Waals surface area contributed by atoms with Crippen molar-refractivity contribution in [2.24, 2.45) is 0 Å². The van der Waals surface area contributed by atoms with Gasteiger partial charge in [-0.15, -0.1) is 12.4 Å². The molecule has 0 radical (unpaired) electrons. The van der Waals surface area contributed by atoms with Gasteiger partial charge in [-0.25, -0.2) is 0 Å². The lowest BCUT2D eigenvalue weighted by molar-refractivity contribution is -0.133. The molecule has 1 saturated heterocycles. The molecule has 0 saturated carbocycles. The molecule has 1 aromatic rings. The molecule has 0 atom stereocenters. The molecular weight excluding hydrogens is 351 g/mol. The van der Waals surface area contributed by atoms with E-state index in [2.05, 4.69) is 10.6 Å². The highest BCUT2D eigenvalue weighted by Gasteiger charge is 2.18. The third kappa shape index (κ3) is 6.28. The van der Waals surface area contributed by atoms with Crippen LogP contribution in [0.25, 0.3) is 0 Å². The first-order valence-corrected chi connectivity index (χ1v) is 8.06. The number of likely N-dealkylation sites (N-methyl/N-ethyl adjacent to an activating group) is 1. The molecule has 1 fully saturated rings. The van der Waals surface area contributed by atoms with Gasteiger partial charge in [-0.3, -0.25) is 14.5 Å². The summed E-state index contributed by atoms with van der Waals surface area (Å²) in [5, 5.41) is 6.62. The van der Waals surface area contributed by atoms with E-state index in [0.29, 0.717) is 10.7 Å². The van der Waals surface area contributed by atoms with Gasteiger partial charge in [-0.1, -0.05) is 17.7 Å². The highest BCUT2D eigenvalue weighted by Crippen LogP contribution is 2.20. The second kappa shape index (κ2) is 9.84.